The van der Waals surface area contributed by atoms with Crippen molar-refractivity contribution < 1.29 is 14.4 Å². The molecule has 148 valence electrons. The van der Waals surface area contributed by atoms with Crippen LogP contribution < -0.4 is 11.5 Å². The number of fused-ring (bicyclic) bond motifs is 1. The molecule has 0 saturated carbocycles. The Labute approximate surface area is 195 Å². The molecule has 0 atom stereocenters. The van der Waals surface area contributed by atoms with Gasteiger partial charge in [-0.15, -0.1) is 11.3 Å². The van der Waals surface area contributed by atoms with Gasteiger partial charge in [0.25, 0.3) is 5.91 Å². The minimum atomic E-state index is -0.395. The molecule has 0 aliphatic carbocycles. The molecule has 0 fully saturated rings. The minimum absolute atomic E-state index is 0.139. The van der Waals surface area contributed by atoms with Crippen LogP contribution in [0, 0.1) is 0 Å². The van der Waals surface area contributed by atoms with Gasteiger partial charge in [-0.1, -0.05) is 0 Å². The average Bonchev–Trinajstić information content (AvgIpc) is 3.09. The third-order valence-electron chi connectivity index (χ3n) is 2.80. The molecule has 12 heteroatoms. The van der Waals surface area contributed by atoms with Crippen LogP contribution in [0.2, 0.25) is 0 Å². The third-order valence-corrected chi connectivity index (χ3v) is 6.10. The summed E-state index contributed by atoms with van der Waals surface area (Å²) in [5.74, 6) is -0.638. The first kappa shape index (κ1) is 24.7. The molecule has 0 aliphatic heterocycles. The van der Waals surface area contributed by atoms with Gasteiger partial charge >= 0.3 is 0 Å². The lowest BCUT2D eigenvalue weighted by atomic mass is 10.3. The Balaban J connectivity index is 0.000000233. The lowest BCUT2D eigenvalue weighted by Gasteiger charge is -1.95. The second kappa shape index (κ2) is 12.3. The monoisotopic (exact) mass is 610 g/mol. The molecule has 0 spiro atoms. The number of thiol groups is 1. The number of aldehydes is 1. The molecule has 3 aromatic heterocycles. The molecule has 0 aromatic carbocycles. The lowest BCUT2D eigenvalue weighted by Crippen LogP contribution is -2.10. The maximum absolute atomic E-state index is 10.9. The number of carbonyl (C=O) groups excluding carboxylic acids is 3. The highest BCUT2D eigenvalue weighted by Crippen LogP contribution is 2.29. The Hall–Kier alpha value is -1.34. The molecule has 3 rings (SSSR count). The third kappa shape index (κ3) is 7.59. The van der Waals surface area contributed by atoms with E-state index < -0.39 is 5.91 Å². The number of pyridine rings is 2. The summed E-state index contributed by atoms with van der Waals surface area (Å²) in [5, 5.41) is 0.980. The van der Waals surface area contributed by atoms with E-state index in [0.717, 1.165) is 20.8 Å². The van der Waals surface area contributed by atoms with Gasteiger partial charge < -0.3 is 11.5 Å². The molecular formula is C16H13Br3N4O3S2. The van der Waals surface area contributed by atoms with Crippen LogP contribution in [0.4, 0.5) is 0 Å². The summed E-state index contributed by atoms with van der Waals surface area (Å²) in [6, 6.07) is 1.77. The highest BCUT2D eigenvalue weighted by atomic mass is 79.9. The molecule has 28 heavy (non-hydrogen) atoms. The van der Waals surface area contributed by atoms with Crippen LogP contribution in [-0.4, -0.2) is 33.8 Å². The predicted molar refractivity (Wildman–Crippen MR) is 124 cm³/mol. The van der Waals surface area contributed by atoms with Crippen LogP contribution in [0.25, 0.3) is 10.1 Å². The number of thiophene rings is 1. The molecule has 7 nitrogen and oxygen atoms in total. The van der Waals surface area contributed by atoms with Gasteiger partial charge in [-0.3, -0.25) is 24.4 Å². The van der Waals surface area contributed by atoms with Crippen molar-refractivity contribution >= 4 is 99.9 Å². The molecule has 0 saturated heterocycles. The normalized spacial score (nSPS) is 9.57. The zero-order valence-electron chi connectivity index (χ0n) is 13.9. The molecule has 0 bridgehead atoms. The van der Waals surface area contributed by atoms with Crippen LogP contribution in [-0.2, 0) is 4.79 Å². The summed E-state index contributed by atoms with van der Waals surface area (Å²) in [7, 11) is 0. The first-order chi connectivity index (χ1) is 13.2. The van der Waals surface area contributed by atoms with E-state index in [1.54, 1.807) is 30.9 Å². The van der Waals surface area contributed by atoms with E-state index in [-0.39, 0.29) is 11.7 Å². The van der Waals surface area contributed by atoms with E-state index in [1.165, 1.54) is 11.3 Å². The Morgan fingerprint density at radius 1 is 1.04 bits per heavy atom. The molecule has 4 N–H and O–H groups in total. The molecule has 3 aromatic rings. The highest BCUT2D eigenvalue weighted by Gasteiger charge is 2.08. The van der Waals surface area contributed by atoms with E-state index in [1.807, 2.05) is 0 Å². The fraction of sp³-hybridized carbons (Fsp3) is 0.0625. The van der Waals surface area contributed by atoms with E-state index in [2.05, 4.69) is 76.1 Å². The molecule has 2 amide bonds. The SMILES string of the molecule is NC(=O)CS.NC(=O)c1cc2c(Br)cncc2s1.O=Cc1c(Br)cncc1Br. The maximum Gasteiger partial charge on any atom is 0.258 e. The topological polar surface area (TPSA) is 129 Å². The summed E-state index contributed by atoms with van der Waals surface area (Å²) in [6.45, 7) is 0. The molecule has 0 aliphatic rings. The summed E-state index contributed by atoms with van der Waals surface area (Å²) < 4.78 is 3.26. The molecule has 0 radical (unpaired) electrons. The second-order valence-electron chi connectivity index (χ2n) is 4.77. The fourth-order valence-corrected chi connectivity index (χ4v) is 4.18. The van der Waals surface area contributed by atoms with Gasteiger partial charge in [0.2, 0.25) is 5.91 Å². The number of nitrogens with zero attached hydrogens (tertiary/aromatic N) is 2. The van der Waals surface area contributed by atoms with Crippen molar-refractivity contribution in [1.82, 2.24) is 9.97 Å². The van der Waals surface area contributed by atoms with Gasteiger partial charge in [0.1, 0.15) is 0 Å². The van der Waals surface area contributed by atoms with Crippen molar-refractivity contribution in [3.05, 3.63) is 54.7 Å². The van der Waals surface area contributed by atoms with Crippen LogP contribution in [0.15, 0.2) is 44.3 Å². The quantitative estimate of drug-likeness (QED) is 0.304. The first-order valence-electron chi connectivity index (χ1n) is 7.17. The van der Waals surface area contributed by atoms with E-state index in [9.17, 15) is 14.4 Å². The number of hydrogen-bond donors (Lipinski definition) is 3. The summed E-state index contributed by atoms with van der Waals surface area (Å²) in [5.41, 5.74) is 10.3. The Morgan fingerprint density at radius 2 is 1.54 bits per heavy atom. The van der Waals surface area contributed by atoms with E-state index >= 15 is 0 Å². The fourth-order valence-electron chi connectivity index (χ4n) is 1.58. The van der Waals surface area contributed by atoms with E-state index in [0.29, 0.717) is 19.4 Å². The Kier molecular flexibility index (Phi) is 10.8. The van der Waals surface area contributed by atoms with Gasteiger partial charge in [-0.2, -0.15) is 12.6 Å². The van der Waals surface area contributed by atoms with Crippen molar-refractivity contribution in [2.24, 2.45) is 11.5 Å². The Morgan fingerprint density at radius 3 is 1.93 bits per heavy atom. The number of carbonyl (C=O) groups is 3. The van der Waals surface area contributed by atoms with Gasteiger partial charge in [0.15, 0.2) is 6.29 Å². The summed E-state index contributed by atoms with van der Waals surface area (Å²) >= 11 is 14.6. The smallest absolute Gasteiger partial charge is 0.258 e. The van der Waals surface area contributed by atoms with Gasteiger partial charge in [-0.05, 0) is 53.9 Å². The number of hydrogen-bond acceptors (Lipinski definition) is 7. The minimum Gasteiger partial charge on any atom is -0.369 e. The number of nitrogens with two attached hydrogens (primary N) is 2. The van der Waals surface area contributed by atoms with Crippen LogP contribution >= 0.6 is 71.8 Å². The zero-order chi connectivity index (χ0) is 21.3. The van der Waals surface area contributed by atoms with Crippen molar-refractivity contribution in [3.8, 4) is 0 Å². The number of rotatable bonds is 3. The van der Waals surface area contributed by atoms with Crippen LogP contribution in [0.5, 0.6) is 0 Å². The number of amides is 2. The van der Waals surface area contributed by atoms with Crippen molar-refractivity contribution in [1.29, 1.82) is 0 Å². The maximum atomic E-state index is 10.9. The summed E-state index contributed by atoms with van der Waals surface area (Å²) in [4.78, 5) is 39.1. The molecule has 0 unspecified atom stereocenters. The predicted octanol–water partition coefficient (Wildman–Crippen LogP) is 3.98. The standard InChI is InChI=1S/C8H5BrN2OS.C6H3Br2NO.C2H5NOS/c9-5-2-11-3-7-4(5)1-6(13-7)8(10)12;7-5-1-9-2-6(8)4(5)3-10;3-2(4)1-5/h1-3H,(H2,10,12);1-3H;5H,1H2,(H2,3,4). The van der Waals surface area contributed by atoms with Crippen molar-refractivity contribution in [2.45, 2.75) is 0 Å². The largest absolute Gasteiger partial charge is 0.369 e. The van der Waals surface area contributed by atoms with Crippen LogP contribution in [0.1, 0.15) is 20.0 Å². The average molecular weight is 613 g/mol. The summed E-state index contributed by atoms with van der Waals surface area (Å²) in [6.07, 6.45) is 7.34. The first-order valence-corrected chi connectivity index (χ1v) is 11.0. The van der Waals surface area contributed by atoms with Gasteiger partial charge in [0, 0.05) is 49.2 Å². The van der Waals surface area contributed by atoms with Crippen molar-refractivity contribution in [3.63, 3.8) is 0 Å². The highest BCUT2D eigenvalue weighted by molar-refractivity contribution is 9.11. The Bertz CT molecular complexity index is 978. The molecular weight excluding hydrogens is 600 g/mol. The van der Waals surface area contributed by atoms with E-state index in [4.69, 9.17) is 5.73 Å². The van der Waals surface area contributed by atoms with Gasteiger partial charge in [0.05, 0.1) is 15.3 Å². The number of primary amides is 2. The van der Waals surface area contributed by atoms with Crippen molar-refractivity contribution in [2.75, 3.05) is 5.75 Å². The lowest BCUT2D eigenvalue weighted by molar-refractivity contribution is -0.115. The number of aromatic nitrogens is 2. The second-order valence-corrected chi connectivity index (χ2v) is 8.73. The van der Waals surface area contributed by atoms with Gasteiger partial charge in [-0.25, -0.2) is 0 Å². The molecule has 3 heterocycles. The zero-order valence-corrected chi connectivity index (χ0v) is 20.4. The number of halogens is 3. The van der Waals surface area contributed by atoms with Crippen LogP contribution in [0.3, 0.4) is 0 Å².